The number of fused-ring (bicyclic) bond motifs is 4. The molecule has 1 saturated carbocycles. The Morgan fingerprint density at radius 1 is 0.694 bits per heavy atom. The van der Waals surface area contributed by atoms with Gasteiger partial charge in [-0.1, -0.05) is 54.2 Å². The Morgan fingerprint density at radius 2 is 1.34 bits per heavy atom. The summed E-state index contributed by atoms with van der Waals surface area (Å²) in [5.41, 5.74) is 0.439. The van der Waals surface area contributed by atoms with Gasteiger partial charge in [-0.3, -0.25) is 24.1 Å². The number of benzene rings is 4. The fourth-order valence-corrected chi connectivity index (χ4v) is 9.86. The third-order valence-corrected chi connectivity index (χ3v) is 13.4. The third-order valence-electron chi connectivity index (χ3n) is 12.0. The Balaban J connectivity index is 1.18. The fourth-order valence-electron chi connectivity index (χ4n) is 8.96. The average molecular weight is 896 g/mol. The van der Waals surface area contributed by atoms with Crippen molar-refractivity contribution in [1.82, 2.24) is 0 Å². The number of rotatable bonds is 9. The highest BCUT2D eigenvalue weighted by molar-refractivity contribution is 6.58. The Bertz CT molecular complexity index is 2660. The molecule has 10 nitrogen and oxygen atoms in total. The second-order valence-electron chi connectivity index (χ2n) is 15.1. The minimum absolute atomic E-state index is 0.0378. The first-order chi connectivity index (χ1) is 29.5. The summed E-state index contributed by atoms with van der Waals surface area (Å²) in [5, 5.41) is 10.2. The molecule has 8 rings (SSSR count). The fraction of sp³-hybridized carbons (Fsp3) is 0.244. The molecule has 2 saturated heterocycles. The van der Waals surface area contributed by atoms with Gasteiger partial charge in [0.25, 0.3) is 11.8 Å². The van der Waals surface area contributed by atoms with Crippen molar-refractivity contribution in [2.75, 3.05) is 31.1 Å². The van der Waals surface area contributed by atoms with Gasteiger partial charge in [0.05, 0.1) is 38.9 Å². The van der Waals surface area contributed by atoms with Gasteiger partial charge in [0.15, 0.2) is 44.5 Å². The van der Waals surface area contributed by atoms with E-state index in [2.05, 4.69) is 0 Å². The van der Waals surface area contributed by atoms with Gasteiger partial charge >= 0.3 is 0 Å². The van der Waals surface area contributed by atoms with Crippen molar-refractivity contribution in [3.8, 4) is 23.0 Å². The lowest BCUT2D eigenvalue weighted by Crippen LogP contribution is -2.60. The molecule has 4 aromatic rings. The monoisotopic (exact) mass is 894 g/mol. The van der Waals surface area contributed by atoms with E-state index in [4.69, 9.17) is 37.4 Å². The lowest BCUT2D eigenvalue weighted by Gasteiger charge is -2.49. The summed E-state index contributed by atoms with van der Waals surface area (Å²) in [6, 6.07) is 16.0. The third kappa shape index (κ3) is 6.26. The molecular formula is C45H33Cl2F5N2O8. The number of imide groups is 2. The number of nitrogens with zero attached hydrogens (tertiary/aromatic N) is 2. The van der Waals surface area contributed by atoms with Crippen molar-refractivity contribution >= 4 is 76.4 Å². The van der Waals surface area contributed by atoms with E-state index in [1.807, 2.05) is 0 Å². The van der Waals surface area contributed by atoms with Crippen LogP contribution in [0.25, 0.3) is 18.2 Å². The van der Waals surface area contributed by atoms with Crippen molar-refractivity contribution in [1.29, 1.82) is 0 Å². The van der Waals surface area contributed by atoms with Crippen LogP contribution in [0.1, 0.15) is 29.5 Å². The Kier molecular flexibility index (Phi) is 10.7. The highest BCUT2D eigenvalue weighted by atomic mass is 35.5. The molecule has 6 atom stereocenters. The standard InChI is InChI=1S/C45H33Cl2F5N2O8/c1-60-25-12-17-31(61-2)23(19-25)9-4-21-5-10-24(11-6-21)53-40(56)27-14-13-26-28(33(27)41(53)57)20-44(46)42(58)54(39-37(51)35(49)34(48)36(50)38(39)52)43(59)45(44,47)29(26)15-7-22-8-16-30(55)32(18-22)62-3/h4-13,15-19,27-29,33,55H,14,20H2,1-3H3/t27-,28+,29-,33-,44+,45-/m0/s1. The van der Waals surface area contributed by atoms with E-state index in [9.17, 15) is 37.5 Å². The quantitative estimate of drug-likeness (QED) is 0.0338. The molecule has 3 fully saturated rings. The zero-order chi connectivity index (χ0) is 44.6. The summed E-state index contributed by atoms with van der Waals surface area (Å²) in [7, 11) is 4.38. The molecule has 320 valence electrons. The summed E-state index contributed by atoms with van der Waals surface area (Å²) >= 11 is 14.4. The number of ether oxygens (including phenoxy) is 3. The molecule has 2 heterocycles. The van der Waals surface area contributed by atoms with Crippen LogP contribution in [0, 0.1) is 52.8 Å². The van der Waals surface area contributed by atoms with Crippen LogP contribution >= 0.6 is 23.2 Å². The smallest absolute Gasteiger partial charge is 0.258 e. The molecule has 0 unspecified atom stereocenters. The molecule has 2 aliphatic carbocycles. The molecule has 62 heavy (non-hydrogen) atoms. The van der Waals surface area contributed by atoms with E-state index in [-0.39, 0.29) is 34.1 Å². The first-order valence-electron chi connectivity index (χ1n) is 18.9. The largest absolute Gasteiger partial charge is 0.504 e. The number of methoxy groups -OCH3 is 3. The number of anilines is 2. The van der Waals surface area contributed by atoms with E-state index in [1.165, 1.54) is 51.7 Å². The predicted octanol–water partition coefficient (Wildman–Crippen LogP) is 8.60. The second-order valence-corrected chi connectivity index (χ2v) is 16.3. The lowest BCUT2D eigenvalue weighted by molar-refractivity contribution is -0.125. The molecule has 0 radical (unpaired) electrons. The zero-order valence-electron chi connectivity index (χ0n) is 32.7. The number of halogens is 7. The Morgan fingerprint density at radius 3 is 1.98 bits per heavy atom. The highest BCUT2D eigenvalue weighted by Crippen LogP contribution is 2.64. The maximum atomic E-state index is 15.4. The molecule has 0 aromatic heterocycles. The number of hydrogen-bond donors (Lipinski definition) is 1. The average Bonchev–Trinajstić information content (AvgIpc) is 3.61. The molecule has 4 amide bonds. The van der Waals surface area contributed by atoms with Gasteiger partial charge in [-0.05, 0) is 72.4 Å². The molecule has 0 bridgehead atoms. The first-order valence-corrected chi connectivity index (χ1v) is 19.7. The van der Waals surface area contributed by atoms with Gasteiger partial charge in [-0.2, -0.15) is 0 Å². The molecular weight excluding hydrogens is 862 g/mol. The number of phenolic OH excluding ortho intramolecular Hbond substituents is 1. The Hall–Kier alpha value is -6.19. The van der Waals surface area contributed by atoms with E-state index in [0.29, 0.717) is 22.6 Å². The SMILES string of the molecule is COc1ccc(OC)c(C=Cc2ccc(N3C(=O)[C@H]4[C@H](CC=C5[C@H]4C[C@@]4(Cl)C(=O)N(c6c(F)c(F)c(F)c(F)c6F)C(=O)[C@@]4(Cl)[C@H]5C=Cc4ccc(O)c(OC)c4)C3=O)cc2)c1. The second kappa shape index (κ2) is 15.6. The van der Waals surface area contributed by atoms with Crippen LogP contribution in [0.4, 0.5) is 33.3 Å². The van der Waals surface area contributed by atoms with Gasteiger partial charge in [0.2, 0.25) is 17.6 Å². The highest BCUT2D eigenvalue weighted by Gasteiger charge is 2.76. The van der Waals surface area contributed by atoms with Crippen molar-refractivity contribution in [2.24, 2.45) is 23.7 Å². The topological polar surface area (TPSA) is 123 Å². The summed E-state index contributed by atoms with van der Waals surface area (Å²) in [6.45, 7) is 0. The summed E-state index contributed by atoms with van der Waals surface area (Å²) in [5.74, 6) is -20.4. The minimum Gasteiger partial charge on any atom is -0.504 e. The lowest BCUT2D eigenvalue weighted by atomic mass is 9.57. The summed E-state index contributed by atoms with van der Waals surface area (Å²) in [6.07, 6.45) is 7.28. The van der Waals surface area contributed by atoms with Crippen LogP contribution in [0.2, 0.25) is 0 Å². The molecule has 4 aliphatic rings. The maximum Gasteiger partial charge on any atom is 0.258 e. The number of alkyl halides is 2. The van der Waals surface area contributed by atoms with Gasteiger partial charge in [-0.25, -0.2) is 26.9 Å². The molecule has 4 aromatic carbocycles. The van der Waals surface area contributed by atoms with Crippen LogP contribution in [0.15, 0.2) is 78.4 Å². The minimum atomic E-state index is -2.68. The van der Waals surface area contributed by atoms with Gasteiger partial charge < -0.3 is 19.3 Å². The maximum absolute atomic E-state index is 15.4. The van der Waals surface area contributed by atoms with Crippen LogP contribution in [0.3, 0.4) is 0 Å². The molecule has 17 heteroatoms. The normalized spacial score (nSPS) is 25.7. The van der Waals surface area contributed by atoms with Gasteiger partial charge in [0, 0.05) is 11.5 Å². The van der Waals surface area contributed by atoms with Crippen LogP contribution in [-0.4, -0.2) is 59.8 Å². The van der Waals surface area contributed by atoms with Crippen LogP contribution in [0.5, 0.6) is 23.0 Å². The van der Waals surface area contributed by atoms with Crippen molar-refractivity contribution in [3.05, 3.63) is 124 Å². The Labute approximate surface area is 360 Å². The number of aromatic hydroxyl groups is 1. The summed E-state index contributed by atoms with van der Waals surface area (Å²) in [4.78, 5) is 53.0. The number of amides is 4. The molecule has 1 N–H and O–H groups in total. The summed E-state index contributed by atoms with van der Waals surface area (Å²) < 4.78 is 90.0. The molecule has 2 aliphatic heterocycles. The van der Waals surface area contributed by atoms with Gasteiger partial charge in [-0.15, -0.1) is 23.2 Å². The number of phenols is 1. The predicted molar refractivity (Wildman–Crippen MR) is 218 cm³/mol. The van der Waals surface area contributed by atoms with E-state index in [0.717, 1.165) is 10.5 Å². The van der Waals surface area contributed by atoms with Crippen LogP contribution in [-0.2, 0) is 19.2 Å². The zero-order valence-corrected chi connectivity index (χ0v) is 34.2. The van der Waals surface area contributed by atoms with Crippen molar-refractivity contribution < 1.29 is 60.4 Å². The molecule has 0 spiro atoms. The van der Waals surface area contributed by atoms with Crippen molar-refractivity contribution in [2.45, 2.75) is 22.6 Å². The number of hydrogen-bond acceptors (Lipinski definition) is 8. The van der Waals surface area contributed by atoms with Gasteiger partial charge in [0.1, 0.15) is 17.2 Å². The number of carbonyl (C=O) groups is 4. The number of carbonyl (C=O) groups excluding carboxylic acids is 4. The van der Waals surface area contributed by atoms with E-state index in [1.54, 1.807) is 60.7 Å². The van der Waals surface area contributed by atoms with E-state index >= 15 is 8.78 Å². The first kappa shape index (κ1) is 42.5. The van der Waals surface area contributed by atoms with Crippen LogP contribution < -0.4 is 24.0 Å². The number of allylic oxidation sites excluding steroid dienone is 3. The van der Waals surface area contributed by atoms with Crippen molar-refractivity contribution in [3.63, 3.8) is 0 Å². The van der Waals surface area contributed by atoms with E-state index < -0.39 is 98.2 Å².